The molecule has 1 N–H and O–H groups in total. The summed E-state index contributed by atoms with van der Waals surface area (Å²) in [6.45, 7) is 3.17. The molecule has 0 spiro atoms. The van der Waals surface area contributed by atoms with Crippen molar-refractivity contribution in [2.24, 2.45) is 0 Å². The highest BCUT2D eigenvalue weighted by Gasteiger charge is 2.50. The van der Waals surface area contributed by atoms with Crippen molar-refractivity contribution in [3.63, 3.8) is 0 Å². The van der Waals surface area contributed by atoms with Crippen LogP contribution in [0.4, 0.5) is 0 Å². The normalized spacial score (nSPS) is 24.7. The van der Waals surface area contributed by atoms with Crippen molar-refractivity contribution >= 4 is 17.9 Å². The van der Waals surface area contributed by atoms with Gasteiger partial charge in [-0.25, -0.2) is 4.79 Å². The van der Waals surface area contributed by atoms with E-state index in [0.717, 1.165) is 30.7 Å². The Kier molecular flexibility index (Phi) is 5.93. The molecule has 1 fully saturated rings. The third-order valence-corrected chi connectivity index (χ3v) is 3.47. The third-order valence-electron chi connectivity index (χ3n) is 3.47. The second kappa shape index (κ2) is 7.95. The summed E-state index contributed by atoms with van der Waals surface area (Å²) in [7, 11) is 0. The molecule has 1 aliphatic rings. The molecule has 11 heteroatoms. The van der Waals surface area contributed by atoms with Gasteiger partial charge in [0.1, 0.15) is 12.7 Å². The minimum absolute atomic E-state index is 0.292. The van der Waals surface area contributed by atoms with Gasteiger partial charge in [0.05, 0.1) is 0 Å². The van der Waals surface area contributed by atoms with E-state index < -0.39 is 53.7 Å². The first-order valence-electron chi connectivity index (χ1n) is 7.63. The molecule has 1 saturated heterocycles. The number of rotatable bonds is 5. The molecule has 11 nitrogen and oxygen atoms in total. The Labute approximate surface area is 146 Å². The average molecular weight is 370 g/mol. The second-order valence-electron chi connectivity index (χ2n) is 5.53. The number of nitrogens with zero attached hydrogens (tertiary/aromatic N) is 1. The second-order valence-corrected chi connectivity index (χ2v) is 5.53. The van der Waals surface area contributed by atoms with Crippen LogP contribution in [0.25, 0.3) is 0 Å². The fourth-order valence-electron chi connectivity index (χ4n) is 2.54. The Morgan fingerprint density at radius 1 is 1.08 bits per heavy atom. The van der Waals surface area contributed by atoms with Gasteiger partial charge in [0.2, 0.25) is 0 Å². The molecule has 1 aliphatic heterocycles. The minimum atomic E-state index is -1.20. The SMILES string of the molecule is CC(=O)OCC1OC(n2ccc(=O)[nH]c2=O)C(OC(C)=O)[C@H]1OC(C)=O. The molecule has 1 aromatic heterocycles. The minimum Gasteiger partial charge on any atom is -0.463 e. The quantitative estimate of drug-likeness (QED) is 0.502. The summed E-state index contributed by atoms with van der Waals surface area (Å²) in [6, 6.07) is 1.08. The van der Waals surface area contributed by atoms with Gasteiger partial charge in [-0.3, -0.25) is 28.7 Å². The Hall–Kier alpha value is -2.95. The number of hydrogen-bond donors (Lipinski definition) is 1. The number of H-pyrrole nitrogens is 1. The van der Waals surface area contributed by atoms with Crippen molar-refractivity contribution < 1.29 is 33.3 Å². The van der Waals surface area contributed by atoms with Crippen molar-refractivity contribution in [2.45, 2.75) is 45.3 Å². The van der Waals surface area contributed by atoms with E-state index in [1.165, 1.54) is 6.92 Å². The first kappa shape index (κ1) is 19.4. The zero-order valence-electron chi connectivity index (χ0n) is 14.3. The summed E-state index contributed by atoms with van der Waals surface area (Å²) < 4.78 is 21.9. The van der Waals surface area contributed by atoms with E-state index in [-0.39, 0.29) is 6.61 Å². The predicted molar refractivity (Wildman–Crippen MR) is 83.0 cm³/mol. The van der Waals surface area contributed by atoms with Gasteiger partial charge < -0.3 is 18.9 Å². The van der Waals surface area contributed by atoms with Crippen molar-refractivity contribution in [3.8, 4) is 0 Å². The molecule has 0 saturated carbocycles. The van der Waals surface area contributed by atoms with Crippen LogP contribution in [0.15, 0.2) is 21.9 Å². The lowest BCUT2D eigenvalue weighted by molar-refractivity contribution is -0.166. The van der Waals surface area contributed by atoms with E-state index in [4.69, 9.17) is 18.9 Å². The van der Waals surface area contributed by atoms with E-state index in [0.29, 0.717) is 0 Å². The van der Waals surface area contributed by atoms with Crippen LogP contribution in [-0.4, -0.2) is 52.4 Å². The van der Waals surface area contributed by atoms with Gasteiger partial charge in [0.25, 0.3) is 5.56 Å². The number of carbonyl (C=O) groups excluding carboxylic acids is 3. The van der Waals surface area contributed by atoms with Gasteiger partial charge in [0, 0.05) is 33.0 Å². The molecule has 4 atom stereocenters. The summed E-state index contributed by atoms with van der Waals surface area (Å²) in [5.74, 6) is -1.98. The van der Waals surface area contributed by atoms with E-state index in [2.05, 4.69) is 0 Å². The van der Waals surface area contributed by atoms with Gasteiger partial charge in [-0.05, 0) is 0 Å². The maximum Gasteiger partial charge on any atom is 0.330 e. The Bertz CT molecular complexity index is 812. The average Bonchev–Trinajstić information content (AvgIpc) is 2.82. The molecule has 2 rings (SSSR count). The molecule has 142 valence electrons. The summed E-state index contributed by atoms with van der Waals surface area (Å²) in [5.41, 5.74) is -1.43. The van der Waals surface area contributed by atoms with Crippen LogP contribution in [0.5, 0.6) is 0 Å². The van der Waals surface area contributed by atoms with Crippen LogP contribution >= 0.6 is 0 Å². The van der Waals surface area contributed by atoms with E-state index in [1.807, 2.05) is 4.98 Å². The fraction of sp³-hybridized carbons (Fsp3) is 0.533. The van der Waals surface area contributed by atoms with Crippen LogP contribution in [0.2, 0.25) is 0 Å². The van der Waals surface area contributed by atoms with Gasteiger partial charge >= 0.3 is 23.6 Å². The first-order valence-corrected chi connectivity index (χ1v) is 7.63. The highest BCUT2D eigenvalue weighted by molar-refractivity contribution is 5.67. The Morgan fingerprint density at radius 3 is 2.23 bits per heavy atom. The van der Waals surface area contributed by atoms with Gasteiger partial charge in [-0.2, -0.15) is 0 Å². The predicted octanol–water partition coefficient (Wildman–Crippen LogP) is -1.14. The molecule has 0 bridgehead atoms. The van der Waals surface area contributed by atoms with Crippen molar-refractivity contribution in [2.75, 3.05) is 6.61 Å². The number of carbonyl (C=O) groups is 3. The molecule has 0 aromatic carbocycles. The molecule has 0 amide bonds. The van der Waals surface area contributed by atoms with Crippen molar-refractivity contribution in [1.82, 2.24) is 9.55 Å². The number of aromatic nitrogens is 2. The van der Waals surface area contributed by atoms with Crippen molar-refractivity contribution in [3.05, 3.63) is 33.1 Å². The van der Waals surface area contributed by atoms with Crippen LogP contribution in [0, 0.1) is 0 Å². The van der Waals surface area contributed by atoms with Crippen LogP contribution < -0.4 is 11.2 Å². The first-order chi connectivity index (χ1) is 12.2. The zero-order chi connectivity index (χ0) is 19.4. The molecular weight excluding hydrogens is 352 g/mol. The molecule has 3 unspecified atom stereocenters. The molecule has 2 heterocycles. The Morgan fingerprint density at radius 2 is 1.69 bits per heavy atom. The Balaban J connectivity index is 2.41. The van der Waals surface area contributed by atoms with Crippen molar-refractivity contribution in [1.29, 1.82) is 0 Å². The lowest BCUT2D eigenvalue weighted by atomic mass is 10.1. The van der Waals surface area contributed by atoms with Gasteiger partial charge in [-0.1, -0.05) is 0 Å². The largest absolute Gasteiger partial charge is 0.463 e. The molecule has 1 aromatic rings. The topological polar surface area (TPSA) is 143 Å². The lowest BCUT2D eigenvalue weighted by Gasteiger charge is -2.23. The monoisotopic (exact) mass is 370 g/mol. The molecular formula is C15H18N2O9. The molecule has 26 heavy (non-hydrogen) atoms. The number of esters is 3. The summed E-state index contributed by atoms with van der Waals surface area (Å²) in [6.07, 6.45) is -3.36. The smallest absolute Gasteiger partial charge is 0.330 e. The number of nitrogens with one attached hydrogen (secondary N) is 1. The summed E-state index contributed by atoms with van der Waals surface area (Å²) in [4.78, 5) is 59.3. The van der Waals surface area contributed by atoms with Crippen LogP contribution in [0.1, 0.15) is 27.0 Å². The molecule has 0 aliphatic carbocycles. The fourth-order valence-corrected chi connectivity index (χ4v) is 2.54. The highest BCUT2D eigenvalue weighted by atomic mass is 16.7. The van der Waals surface area contributed by atoms with E-state index in [1.54, 1.807) is 0 Å². The van der Waals surface area contributed by atoms with E-state index >= 15 is 0 Å². The maximum absolute atomic E-state index is 12.1. The standard InChI is InChI=1S/C15H18N2O9/c1-7(18)23-6-10-12(24-8(2)19)13(25-9(3)20)14(26-10)17-5-4-11(21)16-15(17)22/h4-5,10,12-14H,6H2,1-3H3,(H,16,21,22)/t10?,12-,13?,14?/m0/s1. The summed E-state index contributed by atoms with van der Waals surface area (Å²) >= 11 is 0. The summed E-state index contributed by atoms with van der Waals surface area (Å²) in [5, 5.41) is 0. The number of ether oxygens (including phenoxy) is 4. The highest BCUT2D eigenvalue weighted by Crippen LogP contribution is 2.33. The third kappa shape index (κ3) is 4.57. The molecule has 0 radical (unpaired) electrons. The van der Waals surface area contributed by atoms with Gasteiger partial charge in [0.15, 0.2) is 18.4 Å². The maximum atomic E-state index is 12.1. The van der Waals surface area contributed by atoms with Crippen LogP contribution in [-0.2, 0) is 33.3 Å². The van der Waals surface area contributed by atoms with E-state index in [9.17, 15) is 24.0 Å². The van der Waals surface area contributed by atoms with Crippen LogP contribution in [0.3, 0.4) is 0 Å². The number of hydrogen-bond acceptors (Lipinski definition) is 9. The number of aromatic amines is 1. The lowest BCUT2D eigenvalue weighted by Crippen LogP contribution is -2.42. The van der Waals surface area contributed by atoms with Gasteiger partial charge in [-0.15, -0.1) is 0 Å². The zero-order valence-corrected chi connectivity index (χ0v) is 14.3.